The topological polar surface area (TPSA) is 66.5 Å². The first-order valence-electron chi connectivity index (χ1n) is 9.81. The maximum atomic E-state index is 12.9. The summed E-state index contributed by atoms with van der Waals surface area (Å²) in [5.41, 5.74) is 4.55. The molecule has 1 atom stereocenters. The van der Waals surface area contributed by atoms with Crippen molar-refractivity contribution in [3.05, 3.63) is 64.7 Å². The van der Waals surface area contributed by atoms with Gasteiger partial charge in [0.15, 0.2) is 0 Å². The molecular formula is C22H26N2O3S. The molecule has 4 rings (SSSR count). The summed E-state index contributed by atoms with van der Waals surface area (Å²) in [6, 6.07) is 13.7. The number of aryl methyl sites for hydroxylation is 2. The maximum Gasteiger partial charge on any atom is 0.251 e. The summed E-state index contributed by atoms with van der Waals surface area (Å²) in [7, 11) is -3.30. The quantitative estimate of drug-likeness (QED) is 0.837. The Hall–Kier alpha value is -2.34. The van der Waals surface area contributed by atoms with Crippen LogP contribution < -0.4 is 9.62 Å². The summed E-state index contributed by atoms with van der Waals surface area (Å²) >= 11 is 0. The molecule has 2 aliphatic rings. The normalized spacial score (nSPS) is 17.7. The Labute approximate surface area is 166 Å². The minimum Gasteiger partial charge on any atom is -0.345 e. The van der Waals surface area contributed by atoms with E-state index in [-0.39, 0.29) is 11.9 Å². The number of hydrogen-bond acceptors (Lipinski definition) is 3. The molecule has 0 radical (unpaired) electrons. The molecule has 148 valence electrons. The van der Waals surface area contributed by atoms with Crippen LogP contribution in [0.1, 0.15) is 52.4 Å². The maximum absolute atomic E-state index is 12.9. The van der Waals surface area contributed by atoms with Crippen LogP contribution in [-0.4, -0.2) is 27.1 Å². The molecule has 1 fully saturated rings. The number of anilines is 1. The lowest BCUT2D eigenvalue weighted by Crippen LogP contribution is -2.35. The average Bonchev–Trinajstić information content (AvgIpc) is 3.50. The van der Waals surface area contributed by atoms with E-state index >= 15 is 0 Å². The third-order valence-electron chi connectivity index (χ3n) is 5.63. The molecule has 1 aliphatic heterocycles. The van der Waals surface area contributed by atoms with Crippen molar-refractivity contribution in [1.82, 2.24) is 5.32 Å². The van der Waals surface area contributed by atoms with Gasteiger partial charge in [0.25, 0.3) is 5.91 Å². The summed E-state index contributed by atoms with van der Waals surface area (Å²) in [6.07, 6.45) is 5.04. The highest BCUT2D eigenvalue weighted by molar-refractivity contribution is 7.92. The molecule has 1 heterocycles. The molecule has 2 aromatic carbocycles. The molecule has 1 unspecified atom stereocenters. The second-order valence-corrected chi connectivity index (χ2v) is 9.89. The van der Waals surface area contributed by atoms with Gasteiger partial charge in [-0.15, -0.1) is 0 Å². The fraction of sp³-hybridized carbons (Fsp3) is 0.409. The van der Waals surface area contributed by atoms with E-state index in [0.29, 0.717) is 23.7 Å². The summed E-state index contributed by atoms with van der Waals surface area (Å²) in [6.45, 7) is 2.55. The van der Waals surface area contributed by atoms with Gasteiger partial charge in [-0.05, 0) is 67.9 Å². The van der Waals surface area contributed by atoms with Crippen LogP contribution in [0, 0.1) is 12.8 Å². The number of carbonyl (C=O) groups excluding carboxylic acids is 1. The Balaban J connectivity index is 1.57. The molecule has 0 saturated heterocycles. The largest absolute Gasteiger partial charge is 0.345 e. The summed E-state index contributed by atoms with van der Waals surface area (Å²) < 4.78 is 25.5. The highest BCUT2D eigenvalue weighted by Gasteiger charge is 2.34. The minimum atomic E-state index is -3.30. The monoisotopic (exact) mass is 398 g/mol. The van der Waals surface area contributed by atoms with Crippen molar-refractivity contribution >= 4 is 21.6 Å². The summed E-state index contributed by atoms with van der Waals surface area (Å²) in [5.74, 6) is 0.391. The predicted octanol–water partition coefficient (Wildman–Crippen LogP) is 3.59. The number of benzene rings is 2. The Morgan fingerprint density at radius 2 is 1.86 bits per heavy atom. The van der Waals surface area contributed by atoms with E-state index in [4.69, 9.17) is 0 Å². The molecule has 1 amide bonds. The molecule has 5 nitrogen and oxygen atoms in total. The number of amides is 1. The highest BCUT2D eigenvalue weighted by Crippen LogP contribution is 2.41. The van der Waals surface area contributed by atoms with E-state index in [1.54, 1.807) is 12.1 Å². The van der Waals surface area contributed by atoms with Crippen LogP contribution in [0.2, 0.25) is 0 Å². The zero-order valence-electron chi connectivity index (χ0n) is 16.3. The number of nitrogens with one attached hydrogen (secondary N) is 1. The zero-order chi connectivity index (χ0) is 19.9. The van der Waals surface area contributed by atoms with Gasteiger partial charge in [0, 0.05) is 12.1 Å². The first-order valence-corrected chi connectivity index (χ1v) is 11.7. The van der Waals surface area contributed by atoms with E-state index in [2.05, 4.69) is 36.5 Å². The lowest BCUT2D eigenvalue weighted by molar-refractivity contribution is 0.0931. The van der Waals surface area contributed by atoms with Crippen LogP contribution in [0.5, 0.6) is 0 Å². The number of hydrogen-bond donors (Lipinski definition) is 1. The Morgan fingerprint density at radius 1 is 1.14 bits per heavy atom. The van der Waals surface area contributed by atoms with Gasteiger partial charge < -0.3 is 5.32 Å². The molecule has 0 aromatic heterocycles. The van der Waals surface area contributed by atoms with Crippen molar-refractivity contribution in [2.24, 2.45) is 5.92 Å². The third kappa shape index (κ3) is 3.92. The average molecular weight is 399 g/mol. The van der Waals surface area contributed by atoms with Crippen molar-refractivity contribution in [2.75, 3.05) is 17.1 Å². The third-order valence-corrected chi connectivity index (χ3v) is 6.81. The molecular weight excluding hydrogens is 372 g/mol. The first-order chi connectivity index (χ1) is 13.3. The van der Waals surface area contributed by atoms with Gasteiger partial charge in [-0.3, -0.25) is 9.10 Å². The van der Waals surface area contributed by atoms with Crippen LogP contribution >= 0.6 is 0 Å². The van der Waals surface area contributed by atoms with Crippen LogP contribution in [0.3, 0.4) is 0 Å². The Bertz CT molecular complexity index is 995. The minimum absolute atomic E-state index is 0.0247. The van der Waals surface area contributed by atoms with Crippen LogP contribution in [0.25, 0.3) is 0 Å². The van der Waals surface area contributed by atoms with Crippen molar-refractivity contribution in [2.45, 2.75) is 38.6 Å². The zero-order valence-corrected chi connectivity index (χ0v) is 17.1. The van der Waals surface area contributed by atoms with E-state index in [9.17, 15) is 13.2 Å². The van der Waals surface area contributed by atoms with Gasteiger partial charge in [-0.2, -0.15) is 0 Å². The Kier molecular flexibility index (Phi) is 4.91. The predicted molar refractivity (Wildman–Crippen MR) is 111 cm³/mol. The number of sulfonamides is 1. The standard InChI is InChI=1S/C22H26N2O3S/c1-15-5-7-16(8-6-15)21(17-9-10-17)23-22(25)19-11-12-20-18(14-19)4-3-13-24(20)28(2,26)27/h5-8,11-12,14,17,21H,3-4,9-10,13H2,1-2H3,(H,23,25). The summed E-state index contributed by atoms with van der Waals surface area (Å²) in [5, 5.41) is 3.21. The lowest BCUT2D eigenvalue weighted by atomic mass is 9.98. The second kappa shape index (κ2) is 7.24. The molecule has 0 bridgehead atoms. The number of fused-ring (bicyclic) bond motifs is 1. The number of nitrogens with zero attached hydrogens (tertiary/aromatic N) is 1. The van der Waals surface area contributed by atoms with Gasteiger partial charge in [0.2, 0.25) is 10.0 Å². The van der Waals surface area contributed by atoms with Crippen molar-refractivity contribution in [3.8, 4) is 0 Å². The van der Waals surface area contributed by atoms with Crippen LogP contribution in [0.4, 0.5) is 5.69 Å². The van der Waals surface area contributed by atoms with E-state index in [1.807, 2.05) is 6.07 Å². The van der Waals surface area contributed by atoms with Gasteiger partial charge in [-0.25, -0.2) is 8.42 Å². The van der Waals surface area contributed by atoms with Gasteiger partial charge >= 0.3 is 0 Å². The molecule has 0 spiro atoms. The fourth-order valence-corrected chi connectivity index (χ4v) is 4.95. The fourth-order valence-electron chi connectivity index (χ4n) is 3.95. The Morgan fingerprint density at radius 3 is 2.50 bits per heavy atom. The first kappa shape index (κ1) is 19.0. The molecule has 28 heavy (non-hydrogen) atoms. The smallest absolute Gasteiger partial charge is 0.251 e. The van der Waals surface area contributed by atoms with Crippen molar-refractivity contribution < 1.29 is 13.2 Å². The molecule has 1 aliphatic carbocycles. The van der Waals surface area contributed by atoms with Crippen molar-refractivity contribution in [1.29, 1.82) is 0 Å². The number of rotatable bonds is 5. The van der Waals surface area contributed by atoms with Gasteiger partial charge in [0.1, 0.15) is 0 Å². The second-order valence-electron chi connectivity index (χ2n) is 7.98. The summed E-state index contributed by atoms with van der Waals surface area (Å²) in [4.78, 5) is 12.9. The SMILES string of the molecule is Cc1ccc(C(NC(=O)c2ccc3c(c2)CCCN3S(C)(=O)=O)C2CC2)cc1. The van der Waals surface area contributed by atoms with Crippen molar-refractivity contribution in [3.63, 3.8) is 0 Å². The molecule has 1 saturated carbocycles. The number of carbonyl (C=O) groups is 1. The molecule has 1 N–H and O–H groups in total. The molecule has 6 heteroatoms. The van der Waals surface area contributed by atoms with Gasteiger partial charge in [-0.1, -0.05) is 29.8 Å². The highest BCUT2D eigenvalue weighted by atomic mass is 32.2. The van der Waals surface area contributed by atoms with E-state index in [0.717, 1.165) is 36.8 Å². The van der Waals surface area contributed by atoms with Crippen LogP contribution in [-0.2, 0) is 16.4 Å². The van der Waals surface area contributed by atoms with E-state index in [1.165, 1.54) is 16.1 Å². The lowest BCUT2D eigenvalue weighted by Gasteiger charge is -2.29. The van der Waals surface area contributed by atoms with Crippen LogP contribution in [0.15, 0.2) is 42.5 Å². The van der Waals surface area contributed by atoms with E-state index < -0.39 is 10.0 Å². The molecule has 2 aromatic rings. The van der Waals surface area contributed by atoms with Gasteiger partial charge in [0.05, 0.1) is 18.0 Å².